The molecule has 0 bridgehead atoms. The first kappa shape index (κ1) is 15.8. The van der Waals surface area contributed by atoms with Gasteiger partial charge in [-0.15, -0.1) is 0 Å². The molecule has 1 heterocycles. The number of aromatic carboxylic acids is 1. The minimum atomic E-state index is -1.28. The zero-order valence-corrected chi connectivity index (χ0v) is 11.2. The Bertz CT molecular complexity index is 492. The maximum absolute atomic E-state index is 11.2. The Morgan fingerprint density at radius 2 is 2.20 bits per heavy atom. The molecule has 0 aliphatic rings. The number of aliphatic hydroxyl groups excluding tert-OH is 1. The Hall–Kier alpha value is -2.22. The van der Waals surface area contributed by atoms with Gasteiger partial charge in [0.05, 0.1) is 11.5 Å². The summed E-state index contributed by atoms with van der Waals surface area (Å²) in [5.74, 6) is -1.14. The van der Waals surface area contributed by atoms with Gasteiger partial charge >= 0.3 is 5.97 Å². The Morgan fingerprint density at radius 1 is 1.50 bits per heavy atom. The molecule has 0 amide bonds. The van der Waals surface area contributed by atoms with Crippen molar-refractivity contribution in [2.24, 2.45) is 0 Å². The van der Waals surface area contributed by atoms with E-state index in [2.05, 4.69) is 4.98 Å². The predicted molar refractivity (Wildman–Crippen MR) is 72.1 cm³/mol. The zero-order chi connectivity index (χ0) is 15.1. The minimum Gasteiger partial charge on any atom is -0.478 e. The molecule has 0 atom stereocenters. The Labute approximate surface area is 115 Å². The third-order valence-corrected chi connectivity index (χ3v) is 2.74. The van der Waals surface area contributed by atoms with E-state index in [1.54, 1.807) is 4.90 Å². The number of hydrogen-bond donors (Lipinski definition) is 2. The first-order valence-electron chi connectivity index (χ1n) is 6.24. The molecule has 0 radical (unpaired) electrons. The van der Waals surface area contributed by atoms with Gasteiger partial charge in [-0.25, -0.2) is 9.78 Å². The van der Waals surface area contributed by atoms with Crippen molar-refractivity contribution in [2.75, 3.05) is 24.6 Å². The molecule has 0 saturated heterocycles. The SMILES string of the molecule is CCCCN(CCO)c1ncc([N+](=O)[O-])cc1C(=O)O. The van der Waals surface area contributed by atoms with Gasteiger partial charge in [-0.05, 0) is 6.42 Å². The first-order valence-corrected chi connectivity index (χ1v) is 6.24. The number of carboxylic acids is 1. The van der Waals surface area contributed by atoms with Gasteiger partial charge in [-0.3, -0.25) is 10.1 Å². The van der Waals surface area contributed by atoms with E-state index in [9.17, 15) is 14.9 Å². The van der Waals surface area contributed by atoms with Crippen molar-refractivity contribution < 1.29 is 19.9 Å². The smallest absolute Gasteiger partial charge is 0.339 e. The maximum Gasteiger partial charge on any atom is 0.339 e. The molecule has 110 valence electrons. The zero-order valence-electron chi connectivity index (χ0n) is 11.2. The Morgan fingerprint density at radius 3 is 2.70 bits per heavy atom. The summed E-state index contributed by atoms with van der Waals surface area (Å²) >= 11 is 0. The summed E-state index contributed by atoms with van der Waals surface area (Å²) < 4.78 is 0. The number of aliphatic hydroxyl groups is 1. The van der Waals surface area contributed by atoms with Crippen molar-refractivity contribution in [3.8, 4) is 0 Å². The number of anilines is 1. The van der Waals surface area contributed by atoms with Crippen LogP contribution in [0, 0.1) is 10.1 Å². The van der Waals surface area contributed by atoms with Gasteiger partial charge in [0.1, 0.15) is 17.6 Å². The number of rotatable bonds is 8. The average Bonchev–Trinajstić information content (AvgIpc) is 2.42. The molecule has 0 aromatic carbocycles. The third-order valence-electron chi connectivity index (χ3n) is 2.74. The van der Waals surface area contributed by atoms with Crippen molar-refractivity contribution in [3.63, 3.8) is 0 Å². The highest BCUT2D eigenvalue weighted by molar-refractivity contribution is 5.94. The average molecular weight is 283 g/mol. The molecule has 8 heteroatoms. The standard InChI is InChI=1S/C12H17N3O5/c1-2-3-4-14(5-6-16)11-10(12(17)18)7-9(8-13-11)15(19)20/h7-8,16H,2-6H2,1H3,(H,17,18). The second kappa shape index (κ2) is 7.39. The van der Waals surface area contributed by atoms with Crippen LogP contribution in [0.1, 0.15) is 30.1 Å². The molecule has 0 aliphatic heterocycles. The lowest BCUT2D eigenvalue weighted by Crippen LogP contribution is -2.30. The molecule has 0 unspecified atom stereocenters. The predicted octanol–water partition coefficient (Wildman–Crippen LogP) is 1.29. The molecule has 0 spiro atoms. The highest BCUT2D eigenvalue weighted by atomic mass is 16.6. The van der Waals surface area contributed by atoms with Crippen LogP contribution in [0.4, 0.5) is 11.5 Å². The van der Waals surface area contributed by atoms with Crippen molar-refractivity contribution >= 4 is 17.5 Å². The van der Waals surface area contributed by atoms with E-state index in [4.69, 9.17) is 10.2 Å². The fourth-order valence-corrected chi connectivity index (χ4v) is 1.75. The molecule has 8 nitrogen and oxygen atoms in total. The van der Waals surface area contributed by atoms with E-state index < -0.39 is 10.9 Å². The van der Waals surface area contributed by atoms with Gasteiger partial charge in [0, 0.05) is 19.2 Å². The highest BCUT2D eigenvalue weighted by Crippen LogP contribution is 2.22. The van der Waals surface area contributed by atoms with E-state index in [0.29, 0.717) is 6.54 Å². The van der Waals surface area contributed by atoms with E-state index >= 15 is 0 Å². The van der Waals surface area contributed by atoms with Crippen molar-refractivity contribution in [1.29, 1.82) is 0 Å². The fourth-order valence-electron chi connectivity index (χ4n) is 1.75. The monoisotopic (exact) mass is 283 g/mol. The molecular weight excluding hydrogens is 266 g/mol. The molecule has 0 fully saturated rings. The molecule has 0 saturated carbocycles. The second-order valence-corrected chi connectivity index (χ2v) is 4.19. The van der Waals surface area contributed by atoms with Crippen LogP contribution in [0.15, 0.2) is 12.3 Å². The van der Waals surface area contributed by atoms with Crippen LogP contribution in [0.25, 0.3) is 0 Å². The van der Waals surface area contributed by atoms with Crippen LogP contribution in [-0.4, -0.2) is 45.8 Å². The summed E-state index contributed by atoms with van der Waals surface area (Å²) in [6.45, 7) is 2.59. The molecule has 0 aliphatic carbocycles. The van der Waals surface area contributed by atoms with Crippen LogP contribution in [0.2, 0.25) is 0 Å². The summed E-state index contributed by atoms with van der Waals surface area (Å²) in [6.07, 6.45) is 2.73. The number of pyridine rings is 1. The summed E-state index contributed by atoms with van der Waals surface area (Å²) in [6, 6.07) is 0.987. The summed E-state index contributed by atoms with van der Waals surface area (Å²) in [7, 11) is 0. The number of carboxylic acid groups (broad SMARTS) is 1. The lowest BCUT2D eigenvalue weighted by molar-refractivity contribution is -0.385. The number of nitro groups is 1. The summed E-state index contributed by atoms with van der Waals surface area (Å²) in [5, 5.41) is 28.9. The van der Waals surface area contributed by atoms with Gasteiger partial charge < -0.3 is 15.1 Å². The summed E-state index contributed by atoms with van der Waals surface area (Å²) in [5.41, 5.74) is -0.602. The number of unbranched alkanes of at least 4 members (excludes halogenated alkanes) is 1. The van der Waals surface area contributed by atoms with Crippen LogP contribution >= 0.6 is 0 Å². The Kier molecular flexibility index (Phi) is 5.85. The van der Waals surface area contributed by atoms with E-state index in [1.807, 2.05) is 6.92 Å². The maximum atomic E-state index is 11.2. The van der Waals surface area contributed by atoms with Gasteiger partial charge in [-0.2, -0.15) is 0 Å². The van der Waals surface area contributed by atoms with Crippen LogP contribution in [0.3, 0.4) is 0 Å². The highest BCUT2D eigenvalue weighted by Gasteiger charge is 2.21. The molecule has 2 N–H and O–H groups in total. The van der Waals surface area contributed by atoms with Crippen LogP contribution in [-0.2, 0) is 0 Å². The summed E-state index contributed by atoms with van der Waals surface area (Å²) in [4.78, 5) is 26.7. The van der Waals surface area contributed by atoms with Crippen LogP contribution in [0.5, 0.6) is 0 Å². The number of carbonyl (C=O) groups is 1. The molecule has 1 aromatic rings. The van der Waals surface area contributed by atoms with Gasteiger partial charge in [0.2, 0.25) is 0 Å². The van der Waals surface area contributed by atoms with Crippen LogP contribution < -0.4 is 4.90 Å². The first-order chi connectivity index (χ1) is 9.51. The topological polar surface area (TPSA) is 117 Å². The van der Waals surface area contributed by atoms with Crippen molar-refractivity contribution in [1.82, 2.24) is 4.98 Å². The van der Waals surface area contributed by atoms with E-state index in [-0.39, 0.29) is 30.2 Å². The molecule has 1 aromatic heterocycles. The third kappa shape index (κ3) is 3.89. The lowest BCUT2D eigenvalue weighted by Gasteiger charge is -2.23. The lowest BCUT2D eigenvalue weighted by atomic mass is 10.2. The second-order valence-electron chi connectivity index (χ2n) is 4.19. The van der Waals surface area contributed by atoms with E-state index in [1.165, 1.54) is 0 Å². The number of nitrogens with zero attached hydrogens (tertiary/aromatic N) is 3. The van der Waals surface area contributed by atoms with Crippen molar-refractivity contribution in [2.45, 2.75) is 19.8 Å². The number of hydrogen-bond acceptors (Lipinski definition) is 6. The quantitative estimate of drug-likeness (QED) is 0.545. The largest absolute Gasteiger partial charge is 0.478 e. The minimum absolute atomic E-state index is 0.144. The van der Waals surface area contributed by atoms with Gasteiger partial charge in [0.15, 0.2) is 0 Å². The Balaban J connectivity index is 3.18. The number of aromatic nitrogens is 1. The molecule has 1 rings (SSSR count). The van der Waals surface area contributed by atoms with Crippen molar-refractivity contribution in [3.05, 3.63) is 27.9 Å². The molecular formula is C12H17N3O5. The molecule has 20 heavy (non-hydrogen) atoms. The normalized spacial score (nSPS) is 10.3. The van der Waals surface area contributed by atoms with Gasteiger partial charge in [-0.1, -0.05) is 13.3 Å². The van der Waals surface area contributed by atoms with E-state index in [0.717, 1.165) is 25.1 Å². The van der Waals surface area contributed by atoms with Gasteiger partial charge in [0.25, 0.3) is 5.69 Å². The fraction of sp³-hybridized carbons (Fsp3) is 0.500.